The van der Waals surface area contributed by atoms with Crippen molar-refractivity contribution in [2.24, 2.45) is 0 Å². The lowest BCUT2D eigenvalue weighted by Crippen LogP contribution is -2.14. The maximum atomic E-state index is 12.4. The first-order chi connectivity index (χ1) is 12.1. The SMILES string of the molecule is Cc1cc2ccc(NC(=O)Cc3c[nH]c4ccccc34)cc2[nH]c1=O. The molecule has 0 aliphatic heterocycles. The summed E-state index contributed by atoms with van der Waals surface area (Å²) in [6.45, 7) is 1.77. The van der Waals surface area contributed by atoms with E-state index in [1.54, 1.807) is 13.0 Å². The Morgan fingerprint density at radius 2 is 1.92 bits per heavy atom. The lowest BCUT2D eigenvalue weighted by atomic mass is 10.1. The second kappa shape index (κ2) is 5.94. The van der Waals surface area contributed by atoms with Gasteiger partial charge in [0.05, 0.1) is 11.9 Å². The molecule has 4 aromatic rings. The third kappa shape index (κ3) is 2.92. The molecular weight excluding hydrogens is 314 g/mol. The average Bonchev–Trinajstić information content (AvgIpc) is 2.99. The number of hydrogen-bond donors (Lipinski definition) is 3. The molecule has 2 aromatic heterocycles. The van der Waals surface area contributed by atoms with Crippen molar-refractivity contribution < 1.29 is 4.79 Å². The van der Waals surface area contributed by atoms with Gasteiger partial charge in [0, 0.05) is 28.4 Å². The third-order valence-corrected chi connectivity index (χ3v) is 4.34. The number of hydrogen-bond acceptors (Lipinski definition) is 2. The van der Waals surface area contributed by atoms with Gasteiger partial charge in [-0.25, -0.2) is 0 Å². The largest absolute Gasteiger partial charge is 0.361 e. The van der Waals surface area contributed by atoms with E-state index in [0.29, 0.717) is 16.8 Å². The van der Waals surface area contributed by atoms with Gasteiger partial charge in [-0.1, -0.05) is 24.3 Å². The van der Waals surface area contributed by atoms with Crippen LogP contribution in [-0.2, 0) is 11.2 Å². The molecule has 0 bridgehead atoms. The number of aryl methyl sites for hydroxylation is 1. The van der Waals surface area contributed by atoms with Crippen molar-refractivity contribution in [3.63, 3.8) is 0 Å². The lowest BCUT2D eigenvalue weighted by molar-refractivity contribution is -0.115. The van der Waals surface area contributed by atoms with Crippen molar-refractivity contribution in [3.8, 4) is 0 Å². The van der Waals surface area contributed by atoms with Gasteiger partial charge in [-0.15, -0.1) is 0 Å². The van der Waals surface area contributed by atoms with Crippen molar-refractivity contribution in [2.75, 3.05) is 5.32 Å². The number of nitrogens with one attached hydrogen (secondary N) is 3. The minimum atomic E-state index is -0.116. The van der Waals surface area contributed by atoms with Crippen molar-refractivity contribution >= 4 is 33.4 Å². The number of anilines is 1. The van der Waals surface area contributed by atoms with E-state index in [9.17, 15) is 9.59 Å². The van der Waals surface area contributed by atoms with Gasteiger partial charge < -0.3 is 15.3 Å². The van der Waals surface area contributed by atoms with Crippen molar-refractivity contribution in [2.45, 2.75) is 13.3 Å². The summed E-state index contributed by atoms with van der Waals surface area (Å²) in [4.78, 5) is 30.1. The molecule has 0 aliphatic carbocycles. The van der Waals surface area contributed by atoms with Crippen LogP contribution in [-0.4, -0.2) is 15.9 Å². The molecule has 0 saturated heterocycles. The number of carbonyl (C=O) groups is 1. The minimum Gasteiger partial charge on any atom is -0.361 e. The van der Waals surface area contributed by atoms with E-state index in [2.05, 4.69) is 15.3 Å². The van der Waals surface area contributed by atoms with Crippen LogP contribution in [0.2, 0.25) is 0 Å². The number of H-pyrrole nitrogens is 2. The number of amides is 1. The van der Waals surface area contributed by atoms with Crippen LogP contribution in [0.25, 0.3) is 21.8 Å². The highest BCUT2D eigenvalue weighted by atomic mass is 16.1. The van der Waals surface area contributed by atoms with Crippen LogP contribution in [0.4, 0.5) is 5.69 Å². The third-order valence-electron chi connectivity index (χ3n) is 4.34. The molecule has 0 radical (unpaired) electrons. The van der Waals surface area contributed by atoms with E-state index in [0.717, 1.165) is 21.9 Å². The number of rotatable bonds is 3. The maximum Gasteiger partial charge on any atom is 0.251 e. The predicted molar refractivity (Wildman–Crippen MR) is 99.9 cm³/mol. The van der Waals surface area contributed by atoms with Crippen LogP contribution >= 0.6 is 0 Å². The zero-order chi connectivity index (χ0) is 17.4. The fraction of sp³-hybridized carbons (Fsp3) is 0.100. The summed E-state index contributed by atoms with van der Waals surface area (Å²) in [5.74, 6) is -0.0986. The summed E-state index contributed by atoms with van der Waals surface area (Å²) in [5, 5.41) is 4.88. The molecule has 5 nitrogen and oxygen atoms in total. The quantitative estimate of drug-likeness (QED) is 0.537. The number of fused-ring (bicyclic) bond motifs is 2. The Morgan fingerprint density at radius 1 is 1.08 bits per heavy atom. The number of aromatic amines is 2. The molecule has 1 amide bonds. The molecule has 0 aliphatic rings. The monoisotopic (exact) mass is 331 g/mol. The molecule has 0 unspecified atom stereocenters. The van der Waals surface area contributed by atoms with E-state index in [1.807, 2.05) is 48.7 Å². The minimum absolute atomic E-state index is 0.0986. The lowest BCUT2D eigenvalue weighted by Gasteiger charge is -2.07. The first kappa shape index (κ1) is 15.2. The number of para-hydroxylation sites is 1. The van der Waals surface area contributed by atoms with Gasteiger partial charge >= 0.3 is 0 Å². The fourth-order valence-electron chi connectivity index (χ4n) is 3.04. The van der Waals surface area contributed by atoms with E-state index >= 15 is 0 Å². The zero-order valence-electron chi connectivity index (χ0n) is 13.7. The van der Waals surface area contributed by atoms with Crippen LogP contribution in [0.5, 0.6) is 0 Å². The first-order valence-electron chi connectivity index (χ1n) is 8.09. The zero-order valence-corrected chi connectivity index (χ0v) is 13.7. The van der Waals surface area contributed by atoms with Gasteiger partial charge in [0.15, 0.2) is 0 Å². The Bertz CT molecular complexity index is 1150. The van der Waals surface area contributed by atoms with Crippen LogP contribution in [0.3, 0.4) is 0 Å². The molecule has 2 heterocycles. The molecule has 25 heavy (non-hydrogen) atoms. The molecule has 0 fully saturated rings. The highest BCUT2D eigenvalue weighted by Gasteiger charge is 2.09. The molecule has 0 atom stereocenters. The van der Waals surface area contributed by atoms with Gasteiger partial charge in [-0.3, -0.25) is 9.59 Å². The van der Waals surface area contributed by atoms with E-state index in [1.165, 1.54) is 0 Å². The van der Waals surface area contributed by atoms with Crippen molar-refractivity contribution in [1.29, 1.82) is 0 Å². The fourth-order valence-corrected chi connectivity index (χ4v) is 3.04. The molecule has 0 saturated carbocycles. The number of benzene rings is 2. The number of pyridine rings is 1. The first-order valence-corrected chi connectivity index (χ1v) is 8.09. The highest BCUT2D eigenvalue weighted by molar-refractivity contribution is 5.97. The molecule has 2 aromatic carbocycles. The van der Waals surface area contributed by atoms with Crippen LogP contribution in [0, 0.1) is 6.92 Å². The Labute approximate surface area is 143 Å². The van der Waals surface area contributed by atoms with Gasteiger partial charge in [-0.2, -0.15) is 0 Å². The summed E-state index contributed by atoms with van der Waals surface area (Å²) < 4.78 is 0. The summed E-state index contributed by atoms with van der Waals surface area (Å²) >= 11 is 0. The molecule has 4 rings (SSSR count). The Balaban J connectivity index is 1.57. The van der Waals surface area contributed by atoms with Crippen molar-refractivity contribution in [1.82, 2.24) is 9.97 Å². The molecule has 124 valence electrons. The Kier molecular flexibility index (Phi) is 3.61. The van der Waals surface area contributed by atoms with Crippen LogP contribution < -0.4 is 10.9 Å². The smallest absolute Gasteiger partial charge is 0.251 e. The molecule has 5 heteroatoms. The molecule has 0 spiro atoms. The summed E-state index contributed by atoms with van der Waals surface area (Å²) in [6, 6.07) is 15.2. The Morgan fingerprint density at radius 3 is 2.80 bits per heavy atom. The Hall–Kier alpha value is -3.34. The predicted octanol–water partition coefficient (Wildman–Crippen LogP) is 3.50. The second-order valence-electron chi connectivity index (χ2n) is 6.17. The maximum absolute atomic E-state index is 12.4. The summed E-state index contributed by atoms with van der Waals surface area (Å²) in [7, 11) is 0. The number of aromatic nitrogens is 2. The summed E-state index contributed by atoms with van der Waals surface area (Å²) in [5.41, 5.74) is 3.90. The van der Waals surface area contributed by atoms with Gasteiger partial charge in [0.1, 0.15) is 0 Å². The van der Waals surface area contributed by atoms with Gasteiger partial charge in [-0.05, 0) is 42.1 Å². The number of carbonyl (C=O) groups excluding carboxylic acids is 1. The highest BCUT2D eigenvalue weighted by Crippen LogP contribution is 2.20. The molecular formula is C20H17N3O2. The normalized spacial score (nSPS) is 11.1. The standard InChI is InChI=1S/C20H17N3O2/c1-12-8-13-6-7-15(10-18(13)23-20(12)25)22-19(24)9-14-11-21-17-5-3-2-4-16(14)17/h2-8,10-11,21H,9H2,1H3,(H,22,24)(H,23,25). The van der Waals surface area contributed by atoms with E-state index in [-0.39, 0.29) is 17.9 Å². The topological polar surface area (TPSA) is 77.8 Å². The van der Waals surface area contributed by atoms with Crippen LogP contribution in [0.1, 0.15) is 11.1 Å². The van der Waals surface area contributed by atoms with Crippen LogP contribution in [0.15, 0.2) is 59.5 Å². The second-order valence-corrected chi connectivity index (χ2v) is 6.17. The average molecular weight is 331 g/mol. The van der Waals surface area contributed by atoms with Crippen molar-refractivity contribution in [3.05, 3.63) is 76.2 Å². The van der Waals surface area contributed by atoms with Gasteiger partial charge in [0.2, 0.25) is 5.91 Å². The molecule has 3 N–H and O–H groups in total. The van der Waals surface area contributed by atoms with E-state index < -0.39 is 0 Å². The van der Waals surface area contributed by atoms with Gasteiger partial charge in [0.25, 0.3) is 5.56 Å². The van der Waals surface area contributed by atoms with E-state index in [4.69, 9.17) is 0 Å². The summed E-state index contributed by atoms with van der Waals surface area (Å²) in [6.07, 6.45) is 2.15.